The molecule has 0 bridgehead atoms. The Morgan fingerprint density at radius 3 is 2.52 bits per heavy atom. The molecule has 1 aliphatic rings. The van der Waals surface area contributed by atoms with Crippen LogP contribution in [0.5, 0.6) is 0 Å². The van der Waals surface area contributed by atoms with E-state index < -0.39 is 23.1 Å². The number of nitrogens with zero attached hydrogens (tertiary/aromatic N) is 1. The highest BCUT2D eigenvalue weighted by molar-refractivity contribution is 5.86. The number of primary amides is 1. The summed E-state index contributed by atoms with van der Waals surface area (Å²) in [7, 11) is 0. The van der Waals surface area contributed by atoms with Crippen LogP contribution in [0.4, 0.5) is 4.79 Å². The van der Waals surface area contributed by atoms with Crippen LogP contribution in [-0.4, -0.2) is 47.2 Å². The Morgan fingerprint density at radius 1 is 1.43 bits per heavy atom. The lowest BCUT2D eigenvalue weighted by Crippen LogP contribution is -2.66. The Balaban J connectivity index is 2.84. The van der Waals surface area contributed by atoms with Crippen molar-refractivity contribution in [2.24, 2.45) is 5.73 Å². The van der Waals surface area contributed by atoms with Crippen molar-refractivity contribution in [3.8, 4) is 0 Å². The summed E-state index contributed by atoms with van der Waals surface area (Å²) in [5.74, 6) is -0.406. The van der Waals surface area contributed by atoms with Gasteiger partial charge in [-0.2, -0.15) is 0 Å². The fourth-order valence-electron chi connectivity index (χ4n) is 2.50. The van der Waals surface area contributed by atoms with Gasteiger partial charge >= 0.3 is 6.09 Å². The van der Waals surface area contributed by atoms with Gasteiger partial charge in [-0.25, -0.2) is 4.79 Å². The molecule has 0 radical (unpaired) electrons. The van der Waals surface area contributed by atoms with E-state index in [-0.39, 0.29) is 12.6 Å². The van der Waals surface area contributed by atoms with Crippen LogP contribution >= 0.6 is 0 Å². The summed E-state index contributed by atoms with van der Waals surface area (Å²) in [6.45, 7) is 10.4. The molecule has 0 saturated carbocycles. The molecule has 2 atom stereocenters. The number of amides is 2. The molecule has 2 unspecified atom stereocenters. The molecule has 6 heteroatoms. The lowest BCUT2D eigenvalue weighted by Gasteiger charge is -2.42. The number of ether oxygens (including phenoxy) is 1. The van der Waals surface area contributed by atoms with E-state index in [1.54, 1.807) is 4.90 Å². The number of carbonyl (C=O) groups excluding carboxylic acids is 2. The van der Waals surface area contributed by atoms with E-state index in [0.717, 1.165) is 12.8 Å². The van der Waals surface area contributed by atoms with Crippen LogP contribution in [0.1, 0.15) is 53.9 Å². The number of piperidine rings is 1. The molecule has 21 heavy (non-hydrogen) atoms. The molecule has 0 aromatic heterocycles. The molecule has 1 heterocycles. The highest BCUT2D eigenvalue weighted by Gasteiger charge is 2.43. The largest absolute Gasteiger partial charge is 0.444 e. The van der Waals surface area contributed by atoms with Gasteiger partial charge in [0, 0.05) is 12.6 Å². The fourth-order valence-corrected chi connectivity index (χ4v) is 2.50. The van der Waals surface area contributed by atoms with Crippen molar-refractivity contribution in [2.75, 3.05) is 13.1 Å². The third-order valence-electron chi connectivity index (χ3n) is 3.75. The van der Waals surface area contributed by atoms with Crippen molar-refractivity contribution in [3.05, 3.63) is 0 Å². The standard InChI is InChI=1S/C15H29N3O3/c1-6-11(2)17-15(12(16)19)8-7-9-18(10-15)13(20)21-14(3,4)5/h11,17H,6-10H2,1-5H3,(H2,16,19). The highest BCUT2D eigenvalue weighted by Crippen LogP contribution is 2.24. The second-order valence-corrected chi connectivity index (χ2v) is 6.91. The van der Waals surface area contributed by atoms with Gasteiger partial charge in [-0.05, 0) is 47.0 Å². The zero-order valence-corrected chi connectivity index (χ0v) is 13.9. The van der Waals surface area contributed by atoms with Crippen molar-refractivity contribution >= 4 is 12.0 Å². The van der Waals surface area contributed by atoms with Gasteiger partial charge in [0.25, 0.3) is 0 Å². The SMILES string of the molecule is CCC(C)NC1(C(N)=O)CCCN(C(=O)OC(C)(C)C)C1. The molecular weight excluding hydrogens is 270 g/mol. The number of rotatable bonds is 4. The molecule has 0 spiro atoms. The fraction of sp³-hybridized carbons (Fsp3) is 0.867. The minimum absolute atomic E-state index is 0.163. The Bertz CT molecular complexity index is 392. The van der Waals surface area contributed by atoms with Crippen LogP contribution in [0.2, 0.25) is 0 Å². The van der Waals surface area contributed by atoms with Gasteiger partial charge in [0.2, 0.25) is 5.91 Å². The molecule has 2 amide bonds. The summed E-state index contributed by atoms with van der Waals surface area (Å²) >= 11 is 0. The monoisotopic (exact) mass is 299 g/mol. The average molecular weight is 299 g/mol. The smallest absolute Gasteiger partial charge is 0.410 e. The minimum Gasteiger partial charge on any atom is -0.444 e. The summed E-state index contributed by atoms with van der Waals surface area (Å²) in [5, 5.41) is 3.31. The predicted molar refractivity (Wildman–Crippen MR) is 81.9 cm³/mol. The first-order valence-electron chi connectivity index (χ1n) is 7.65. The number of likely N-dealkylation sites (tertiary alicyclic amines) is 1. The van der Waals surface area contributed by atoms with Crippen molar-refractivity contribution in [2.45, 2.75) is 71.1 Å². The average Bonchev–Trinajstić information content (AvgIpc) is 2.36. The van der Waals surface area contributed by atoms with Crippen LogP contribution < -0.4 is 11.1 Å². The normalized spacial score (nSPS) is 24.5. The summed E-state index contributed by atoms with van der Waals surface area (Å²) in [5.41, 5.74) is 4.21. The Labute approximate surface area is 127 Å². The van der Waals surface area contributed by atoms with E-state index in [1.807, 2.05) is 34.6 Å². The Kier molecular flexibility index (Phi) is 5.61. The van der Waals surface area contributed by atoms with Gasteiger partial charge in [-0.1, -0.05) is 6.92 Å². The maximum atomic E-state index is 12.2. The van der Waals surface area contributed by atoms with Crippen LogP contribution in [0.3, 0.4) is 0 Å². The zero-order chi connectivity index (χ0) is 16.3. The molecule has 0 aliphatic carbocycles. The van der Waals surface area contributed by atoms with Crippen LogP contribution in [-0.2, 0) is 9.53 Å². The van der Waals surface area contributed by atoms with Crippen LogP contribution in [0.15, 0.2) is 0 Å². The van der Waals surface area contributed by atoms with E-state index in [2.05, 4.69) is 5.32 Å². The molecule has 1 fully saturated rings. The lowest BCUT2D eigenvalue weighted by molar-refractivity contribution is -0.127. The molecule has 6 nitrogen and oxygen atoms in total. The predicted octanol–water partition coefficient (Wildman–Crippen LogP) is 1.63. The van der Waals surface area contributed by atoms with Gasteiger partial charge < -0.3 is 15.4 Å². The zero-order valence-electron chi connectivity index (χ0n) is 13.9. The van der Waals surface area contributed by atoms with Crippen molar-refractivity contribution in [1.82, 2.24) is 10.2 Å². The maximum Gasteiger partial charge on any atom is 0.410 e. The van der Waals surface area contributed by atoms with Gasteiger partial charge in [0.1, 0.15) is 11.1 Å². The van der Waals surface area contributed by atoms with Crippen molar-refractivity contribution in [3.63, 3.8) is 0 Å². The Morgan fingerprint density at radius 2 is 2.05 bits per heavy atom. The summed E-state index contributed by atoms with van der Waals surface area (Å²) in [6.07, 6.45) is 1.87. The maximum absolute atomic E-state index is 12.2. The molecule has 1 aliphatic heterocycles. The van der Waals surface area contributed by atoms with Gasteiger partial charge in [0.15, 0.2) is 0 Å². The number of carbonyl (C=O) groups is 2. The van der Waals surface area contributed by atoms with Crippen molar-refractivity contribution in [1.29, 1.82) is 0 Å². The highest BCUT2D eigenvalue weighted by atomic mass is 16.6. The van der Waals surface area contributed by atoms with Gasteiger partial charge in [0.05, 0.1) is 6.54 Å². The van der Waals surface area contributed by atoms with E-state index in [0.29, 0.717) is 13.0 Å². The number of nitrogens with one attached hydrogen (secondary N) is 1. The first-order chi connectivity index (χ1) is 9.59. The van der Waals surface area contributed by atoms with Crippen LogP contribution in [0, 0.1) is 0 Å². The van der Waals surface area contributed by atoms with E-state index in [4.69, 9.17) is 10.5 Å². The molecule has 3 N–H and O–H groups in total. The Hall–Kier alpha value is -1.30. The third-order valence-corrected chi connectivity index (χ3v) is 3.75. The first kappa shape index (κ1) is 17.8. The van der Waals surface area contributed by atoms with Gasteiger partial charge in [-0.3, -0.25) is 10.1 Å². The number of nitrogens with two attached hydrogens (primary N) is 1. The second-order valence-electron chi connectivity index (χ2n) is 6.91. The van der Waals surface area contributed by atoms with Crippen molar-refractivity contribution < 1.29 is 14.3 Å². The molecule has 1 rings (SSSR count). The number of hydrogen-bond donors (Lipinski definition) is 2. The first-order valence-corrected chi connectivity index (χ1v) is 7.65. The second kappa shape index (κ2) is 6.64. The summed E-state index contributed by atoms with van der Waals surface area (Å²) < 4.78 is 5.39. The van der Waals surface area contributed by atoms with E-state index in [9.17, 15) is 9.59 Å². The molecule has 0 aromatic carbocycles. The molecule has 0 aromatic rings. The van der Waals surface area contributed by atoms with Gasteiger partial charge in [-0.15, -0.1) is 0 Å². The van der Waals surface area contributed by atoms with Crippen LogP contribution in [0.25, 0.3) is 0 Å². The third kappa shape index (κ3) is 4.88. The van der Waals surface area contributed by atoms with E-state index >= 15 is 0 Å². The summed E-state index contributed by atoms with van der Waals surface area (Å²) in [4.78, 5) is 25.7. The summed E-state index contributed by atoms with van der Waals surface area (Å²) in [6, 6.07) is 0.163. The molecule has 1 saturated heterocycles. The number of hydrogen-bond acceptors (Lipinski definition) is 4. The lowest BCUT2D eigenvalue weighted by atomic mass is 9.87. The topological polar surface area (TPSA) is 84.7 Å². The van der Waals surface area contributed by atoms with E-state index in [1.165, 1.54) is 0 Å². The molecular formula is C15H29N3O3. The quantitative estimate of drug-likeness (QED) is 0.826. The molecule has 122 valence electrons. The minimum atomic E-state index is -0.857.